The van der Waals surface area contributed by atoms with Crippen LogP contribution in [0.25, 0.3) is 22.4 Å². The zero-order valence-electron chi connectivity index (χ0n) is 8.92. The number of aromatic amines is 1. The SMILES string of the molecule is OSc1ccc2nc(-c3ccccc3)[nH]c2c1. The van der Waals surface area contributed by atoms with Crippen LogP contribution in [-0.2, 0) is 0 Å². The van der Waals surface area contributed by atoms with Gasteiger partial charge in [-0.05, 0) is 18.2 Å². The lowest BCUT2D eigenvalue weighted by Gasteiger charge is -1.93. The molecule has 84 valence electrons. The van der Waals surface area contributed by atoms with Gasteiger partial charge in [-0.25, -0.2) is 4.98 Å². The van der Waals surface area contributed by atoms with Crippen LogP contribution in [0.15, 0.2) is 53.4 Å². The first-order chi connectivity index (χ1) is 8.36. The molecule has 2 aromatic carbocycles. The Balaban J connectivity index is 2.14. The third-order valence-corrected chi connectivity index (χ3v) is 3.07. The maximum atomic E-state index is 9.00. The number of nitrogens with zero attached hydrogens (tertiary/aromatic N) is 1. The molecule has 4 heteroatoms. The first-order valence-electron chi connectivity index (χ1n) is 5.23. The molecule has 0 fully saturated rings. The Morgan fingerprint density at radius 1 is 1.06 bits per heavy atom. The molecule has 0 spiro atoms. The molecule has 3 aromatic rings. The fourth-order valence-corrected chi connectivity index (χ4v) is 2.08. The largest absolute Gasteiger partial charge is 0.338 e. The summed E-state index contributed by atoms with van der Waals surface area (Å²) < 4.78 is 9.00. The average Bonchev–Trinajstić information content (AvgIpc) is 2.82. The molecule has 1 aromatic heterocycles. The first kappa shape index (κ1) is 10.4. The fraction of sp³-hybridized carbons (Fsp3) is 0. The number of hydrogen-bond donors (Lipinski definition) is 2. The maximum Gasteiger partial charge on any atom is 0.138 e. The van der Waals surface area contributed by atoms with Crippen LogP contribution in [0.2, 0.25) is 0 Å². The topological polar surface area (TPSA) is 48.9 Å². The van der Waals surface area contributed by atoms with Crippen molar-refractivity contribution in [2.24, 2.45) is 0 Å². The number of hydrogen-bond acceptors (Lipinski definition) is 3. The zero-order valence-corrected chi connectivity index (χ0v) is 9.74. The summed E-state index contributed by atoms with van der Waals surface area (Å²) in [5.74, 6) is 0.848. The van der Waals surface area contributed by atoms with E-state index in [2.05, 4.69) is 9.97 Å². The van der Waals surface area contributed by atoms with Gasteiger partial charge in [0.2, 0.25) is 0 Å². The van der Waals surface area contributed by atoms with Crippen LogP contribution in [0, 0.1) is 0 Å². The Bertz CT molecular complexity index is 649. The van der Waals surface area contributed by atoms with Gasteiger partial charge in [0.1, 0.15) is 5.82 Å². The van der Waals surface area contributed by atoms with E-state index in [9.17, 15) is 0 Å². The molecule has 0 radical (unpaired) electrons. The lowest BCUT2D eigenvalue weighted by atomic mass is 10.2. The highest BCUT2D eigenvalue weighted by molar-refractivity contribution is 7.93. The Morgan fingerprint density at radius 3 is 2.65 bits per heavy atom. The number of H-pyrrole nitrogens is 1. The van der Waals surface area contributed by atoms with Gasteiger partial charge < -0.3 is 9.54 Å². The lowest BCUT2D eigenvalue weighted by Crippen LogP contribution is -1.77. The molecule has 0 saturated heterocycles. The van der Waals surface area contributed by atoms with Crippen LogP contribution >= 0.6 is 12.0 Å². The number of nitrogens with one attached hydrogen (secondary N) is 1. The molecule has 0 aliphatic rings. The molecular weight excluding hydrogens is 232 g/mol. The van der Waals surface area contributed by atoms with Crippen molar-refractivity contribution in [1.82, 2.24) is 9.97 Å². The van der Waals surface area contributed by atoms with Crippen molar-refractivity contribution in [3.63, 3.8) is 0 Å². The fourth-order valence-electron chi connectivity index (χ4n) is 1.78. The van der Waals surface area contributed by atoms with Gasteiger partial charge in [-0.3, -0.25) is 0 Å². The highest BCUT2D eigenvalue weighted by atomic mass is 32.2. The highest BCUT2D eigenvalue weighted by Crippen LogP contribution is 2.23. The Kier molecular flexibility index (Phi) is 2.59. The van der Waals surface area contributed by atoms with E-state index in [-0.39, 0.29) is 0 Å². The van der Waals surface area contributed by atoms with Gasteiger partial charge in [0.25, 0.3) is 0 Å². The van der Waals surface area contributed by atoms with Crippen LogP contribution in [0.3, 0.4) is 0 Å². The molecule has 2 N–H and O–H groups in total. The third kappa shape index (κ3) is 1.92. The summed E-state index contributed by atoms with van der Waals surface area (Å²) in [7, 11) is 0. The molecule has 0 aliphatic carbocycles. The van der Waals surface area contributed by atoms with Crippen molar-refractivity contribution < 1.29 is 4.55 Å². The summed E-state index contributed by atoms with van der Waals surface area (Å²) in [5, 5.41) is 0. The van der Waals surface area contributed by atoms with Gasteiger partial charge in [-0.15, -0.1) is 0 Å². The van der Waals surface area contributed by atoms with Crippen LogP contribution in [0.5, 0.6) is 0 Å². The zero-order chi connectivity index (χ0) is 11.7. The van der Waals surface area contributed by atoms with Gasteiger partial charge in [0.05, 0.1) is 11.0 Å². The summed E-state index contributed by atoms with van der Waals surface area (Å²) in [4.78, 5) is 8.57. The monoisotopic (exact) mass is 242 g/mol. The summed E-state index contributed by atoms with van der Waals surface area (Å²) in [5.41, 5.74) is 2.89. The Hall–Kier alpha value is -1.78. The van der Waals surface area contributed by atoms with Crippen LogP contribution in [-0.4, -0.2) is 14.5 Å². The molecule has 0 bridgehead atoms. The van der Waals surface area contributed by atoms with E-state index in [0.717, 1.165) is 39.4 Å². The molecule has 3 rings (SSSR count). The normalized spacial score (nSPS) is 10.9. The minimum absolute atomic E-state index is 0.741. The molecular formula is C13H10N2OS. The molecule has 0 aliphatic heterocycles. The number of imidazole rings is 1. The van der Waals surface area contributed by atoms with E-state index in [4.69, 9.17) is 4.55 Å². The minimum Gasteiger partial charge on any atom is -0.338 e. The predicted molar refractivity (Wildman–Crippen MR) is 70.0 cm³/mol. The summed E-state index contributed by atoms with van der Waals surface area (Å²) in [6, 6.07) is 15.6. The molecule has 1 heterocycles. The van der Waals surface area contributed by atoms with E-state index in [1.165, 1.54) is 0 Å². The van der Waals surface area contributed by atoms with Gasteiger partial charge in [-0.1, -0.05) is 30.3 Å². The quantitative estimate of drug-likeness (QED) is 0.672. The molecule has 0 amide bonds. The molecule has 0 saturated carbocycles. The summed E-state index contributed by atoms with van der Waals surface area (Å²) >= 11 is 0.741. The summed E-state index contributed by atoms with van der Waals surface area (Å²) in [6.45, 7) is 0. The second kappa shape index (κ2) is 4.24. The standard InChI is InChI=1S/C13H10N2OS/c16-17-10-6-7-11-12(8-10)15-13(14-11)9-4-2-1-3-5-9/h1-8,16H,(H,14,15). The van der Waals surface area contributed by atoms with Gasteiger partial charge in [0, 0.05) is 22.5 Å². The molecule has 0 unspecified atom stereocenters. The lowest BCUT2D eigenvalue weighted by molar-refractivity contribution is 0.664. The van der Waals surface area contributed by atoms with Crippen LogP contribution in [0.1, 0.15) is 0 Å². The van der Waals surface area contributed by atoms with E-state index >= 15 is 0 Å². The van der Waals surface area contributed by atoms with Crippen molar-refractivity contribution in [3.05, 3.63) is 48.5 Å². The predicted octanol–water partition coefficient (Wildman–Crippen LogP) is 3.80. The molecule has 17 heavy (non-hydrogen) atoms. The average molecular weight is 242 g/mol. The van der Waals surface area contributed by atoms with Crippen molar-refractivity contribution >= 4 is 23.1 Å². The summed E-state index contributed by atoms with van der Waals surface area (Å²) in [6.07, 6.45) is 0. The van der Waals surface area contributed by atoms with E-state index in [0.29, 0.717) is 0 Å². The van der Waals surface area contributed by atoms with Gasteiger partial charge >= 0.3 is 0 Å². The van der Waals surface area contributed by atoms with E-state index in [1.54, 1.807) is 0 Å². The van der Waals surface area contributed by atoms with Crippen molar-refractivity contribution in [2.75, 3.05) is 0 Å². The number of fused-ring (bicyclic) bond motifs is 1. The third-order valence-electron chi connectivity index (χ3n) is 2.61. The maximum absolute atomic E-state index is 9.00. The molecule has 3 nitrogen and oxygen atoms in total. The van der Waals surface area contributed by atoms with Crippen molar-refractivity contribution in [3.8, 4) is 11.4 Å². The van der Waals surface area contributed by atoms with Crippen molar-refractivity contribution in [2.45, 2.75) is 4.90 Å². The van der Waals surface area contributed by atoms with Crippen molar-refractivity contribution in [1.29, 1.82) is 0 Å². The van der Waals surface area contributed by atoms with E-state index in [1.807, 2.05) is 48.5 Å². The van der Waals surface area contributed by atoms with Crippen LogP contribution in [0.4, 0.5) is 0 Å². The van der Waals surface area contributed by atoms with Gasteiger partial charge in [0.15, 0.2) is 0 Å². The Labute approximate surface area is 103 Å². The number of rotatable bonds is 2. The number of benzene rings is 2. The highest BCUT2D eigenvalue weighted by Gasteiger charge is 2.05. The second-order valence-electron chi connectivity index (χ2n) is 3.72. The first-order valence-corrected chi connectivity index (χ1v) is 6.01. The van der Waals surface area contributed by atoms with E-state index < -0.39 is 0 Å². The van der Waals surface area contributed by atoms with Crippen LogP contribution < -0.4 is 0 Å². The Morgan fingerprint density at radius 2 is 1.88 bits per heavy atom. The number of aromatic nitrogens is 2. The van der Waals surface area contributed by atoms with Gasteiger partial charge in [-0.2, -0.15) is 0 Å². The molecule has 0 atom stereocenters. The smallest absolute Gasteiger partial charge is 0.138 e. The second-order valence-corrected chi connectivity index (χ2v) is 4.38. The minimum atomic E-state index is 0.741.